The van der Waals surface area contributed by atoms with Crippen LogP contribution in [0.4, 0.5) is 4.79 Å². The molecule has 170 valence electrons. The highest BCUT2D eigenvalue weighted by atomic mass is 16.6. The van der Waals surface area contributed by atoms with Crippen molar-refractivity contribution in [3.63, 3.8) is 0 Å². The highest BCUT2D eigenvalue weighted by Gasteiger charge is 2.27. The van der Waals surface area contributed by atoms with Gasteiger partial charge >= 0.3 is 6.09 Å². The van der Waals surface area contributed by atoms with Gasteiger partial charge in [0, 0.05) is 18.7 Å². The first kappa shape index (κ1) is 20.8. The van der Waals surface area contributed by atoms with Crippen molar-refractivity contribution in [3.8, 4) is 23.0 Å². The molecule has 0 unspecified atom stereocenters. The number of hydrogen-bond acceptors (Lipinski definition) is 9. The Hall–Kier alpha value is -4.09. The lowest BCUT2D eigenvalue weighted by Crippen LogP contribution is -2.40. The molecule has 1 aromatic carbocycles. The molecule has 5 rings (SSSR count). The van der Waals surface area contributed by atoms with Gasteiger partial charge in [-0.3, -0.25) is 0 Å². The first-order valence-electron chi connectivity index (χ1n) is 10.7. The van der Waals surface area contributed by atoms with Crippen LogP contribution < -0.4 is 4.74 Å². The lowest BCUT2D eigenvalue weighted by atomic mass is 10.1. The molecule has 4 aromatic rings. The number of carbonyl (C=O) groups excluding carboxylic acids is 1. The van der Waals surface area contributed by atoms with E-state index in [0.717, 1.165) is 23.8 Å². The van der Waals surface area contributed by atoms with Gasteiger partial charge in [-0.1, -0.05) is 0 Å². The third kappa shape index (κ3) is 4.31. The van der Waals surface area contributed by atoms with Crippen LogP contribution in [0.25, 0.3) is 22.4 Å². The summed E-state index contributed by atoms with van der Waals surface area (Å²) in [6.07, 6.45) is 4.33. The molecule has 0 spiro atoms. The number of nitrogens with one attached hydrogen (secondary N) is 1. The molecule has 3 aromatic heterocycles. The minimum Gasteiger partial charge on any atom is -0.447 e. The first-order chi connectivity index (χ1) is 16.1. The van der Waals surface area contributed by atoms with Crippen LogP contribution in [0.2, 0.25) is 0 Å². The summed E-state index contributed by atoms with van der Waals surface area (Å²) in [7, 11) is 0. The lowest BCUT2D eigenvalue weighted by molar-refractivity contribution is 0.0656. The number of ether oxygens (including phenoxy) is 2. The van der Waals surface area contributed by atoms with Gasteiger partial charge in [0.05, 0.1) is 18.3 Å². The van der Waals surface area contributed by atoms with Gasteiger partial charge in [-0.05, 0) is 56.2 Å². The number of H-pyrrole nitrogens is 1. The molecule has 0 atom stereocenters. The summed E-state index contributed by atoms with van der Waals surface area (Å²) in [5.74, 6) is 1.55. The van der Waals surface area contributed by atoms with E-state index in [2.05, 4.69) is 35.7 Å². The fourth-order valence-electron chi connectivity index (χ4n) is 3.83. The number of likely N-dealkylation sites (tertiary alicyclic amines) is 1. The summed E-state index contributed by atoms with van der Waals surface area (Å²) in [5.41, 5.74) is 1.52. The van der Waals surface area contributed by atoms with Crippen LogP contribution in [0.5, 0.6) is 11.6 Å². The number of aromatic amines is 1. The number of hydrogen-bond donors (Lipinski definition) is 1. The first-order valence-corrected chi connectivity index (χ1v) is 10.7. The zero-order chi connectivity index (χ0) is 22.8. The van der Waals surface area contributed by atoms with Gasteiger partial charge in [0.25, 0.3) is 0 Å². The van der Waals surface area contributed by atoms with Crippen LogP contribution in [-0.2, 0) is 4.74 Å². The van der Waals surface area contributed by atoms with Crippen LogP contribution in [0.3, 0.4) is 0 Å². The molecule has 0 aliphatic carbocycles. The molecule has 1 saturated heterocycles. The van der Waals surface area contributed by atoms with E-state index in [9.17, 15) is 4.79 Å². The molecule has 1 aliphatic heterocycles. The van der Waals surface area contributed by atoms with E-state index >= 15 is 0 Å². The molecule has 4 heterocycles. The molecule has 12 nitrogen and oxygen atoms in total. The number of piperidine rings is 1. The molecule has 1 N–H and O–H groups in total. The van der Waals surface area contributed by atoms with Crippen molar-refractivity contribution in [2.24, 2.45) is 0 Å². The predicted octanol–water partition coefficient (Wildman–Crippen LogP) is 2.98. The molecule has 33 heavy (non-hydrogen) atoms. The van der Waals surface area contributed by atoms with E-state index in [1.807, 2.05) is 42.8 Å². The lowest BCUT2D eigenvalue weighted by Gasteiger charge is -2.31. The van der Waals surface area contributed by atoms with Gasteiger partial charge < -0.3 is 14.4 Å². The Balaban J connectivity index is 1.30. The Bertz CT molecular complexity index is 1230. The average Bonchev–Trinajstić information content (AvgIpc) is 3.50. The zero-order valence-corrected chi connectivity index (χ0v) is 18.2. The van der Waals surface area contributed by atoms with Crippen molar-refractivity contribution in [2.45, 2.75) is 38.8 Å². The number of rotatable bonds is 5. The summed E-state index contributed by atoms with van der Waals surface area (Å²) in [6.45, 7) is 4.92. The number of benzene rings is 1. The van der Waals surface area contributed by atoms with Gasteiger partial charge in [-0.25, -0.2) is 19.4 Å². The summed E-state index contributed by atoms with van der Waals surface area (Å²) in [4.78, 5) is 22.6. The third-order valence-corrected chi connectivity index (χ3v) is 5.43. The summed E-state index contributed by atoms with van der Waals surface area (Å²) >= 11 is 0. The maximum atomic E-state index is 12.2. The third-order valence-electron chi connectivity index (χ3n) is 5.43. The Kier molecular flexibility index (Phi) is 5.55. The van der Waals surface area contributed by atoms with Gasteiger partial charge in [-0.2, -0.15) is 10.3 Å². The standard InChI is InChI=1S/C21H23N9O3/c1-13(2)32-21(31)29-9-7-15(8-10-29)30-19-17(11-24-30)20(23-12-22-19)33-16-5-3-14(4-6-16)18-25-27-28-26-18/h3-6,11-13,15H,7-10H2,1-2H3,(H,25,26,27,28). The van der Waals surface area contributed by atoms with Crippen molar-refractivity contribution in [1.82, 2.24) is 45.3 Å². The highest BCUT2D eigenvalue weighted by molar-refractivity contribution is 5.80. The van der Waals surface area contributed by atoms with E-state index in [0.29, 0.717) is 36.2 Å². The fourth-order valence-corrected chi connectivity index (χ4v) is 3.83. The predicted molar refractivity (Wildman–Crippen MR) is 116 cm³/mol. The second kappa shape index (κ2) is 8.81. The normalized spacial score (nSPS) is 14.7. The van der Waals surface area contributed by atoms with Crippen LogP contribution >= 0.6 is 0 Å². The molecule has 0 bridgehead atoms. The number of nitrogens with zero attached hydrogens (tertiary/aromatic N) is 8. The van der Waals surface area contributed by atoms with E-state index in [4.69, 9.17) is 9.47 Å². The molecular formula is C21H23N9O3. The monoisotopic (exact) mass is 449 g/mol. The summed E-state index contributed by atoms with van der Waals surface area (Å²) in [6, 6.07) is 7.45. The van der Waals surface area contributed by atoms with E-state index < -0.39 is 0 Å². The molecule has 1 fully saturated rings. The Morgan fingerprint density at radius 3 is 2.64 bits per heavy atom. The number of carbonyl (C=O) groups is 1. The maximum absolute atomic E-state index is 12.2. The second-order valence-electron chi connectivity index (χ2n) is 8.02. The van der Waals surface area contributed by atoms with Crippen molar-refractivity contribution >= 4 is 17.1 Å². The van der Waals surface area contributed by atoms with Crippen molar-refractivity contribution in [1.29, 1.82) is 0 Å². The van der Waals surface area contributed by atoms with Gasteiger partial charge in [0.15, 0.2) is 5.65 Å². The van der Waals surface area contributed by atoms with Crippen LogP contribution in [0.15, 0.2) is 36.8 Å². The zero-order valence-electron chi connectivity index (χ0n) is 18.2. The van der Waals surface area contributed by atoms with Crippen molar-refractivity contribution in [2.75, 3.05) is 13.1 Å². The van der Waals surface area contributed by atoms with Gasteiger partial charge in [-0.15, -0.1) is 10.2 Å². The number of aromatic nitrogens is 8. The smallest absolute Gasteiger partial charge is 0.410 e. The number of tetrazole rings is 1. The molecule has 1 aliphatic rings. The SMILES string of the molecule is CC(C)OC(=O)N1CCC(n2ncc3c(Oc4ccc(-c5nn[nH]n5)cc4)ncnc32)CC1. The van der Waals surface area contributed by atoms with Gasteiger partial charge in [0.2, 0.25) is 11.7 Å². The minimum atomic E-state index is -0.267. The molecule has 12 heteroatoms. The fraction of sp³-hybridized carbons (Fsp3) is 0.381. The highest BCUT2D eigenvalue weighted by Crippen LogP contribution is 2.31. The Morgan fingerprint density at radius 2 is 1.94 bits per heavy atom. The van der Waals surface area contributed by atoms with Crippen LogP contribution in [-0.4, -0.2) is 70.6 Å². The Labute approximate surface area is 188 Å². The van der Waals surface area contributed by atoms with Crippen LogP contribution in [0, 0.1) is 0 Å². The quantitative estimate of drug-likeness (QED) is 0.487. The molecular weight excluding hydrogens is 426 g/mol. The number of fused-ring (bicyclic) bond motifs is 1. The van der Waals surface area contributed by atoms with Crippen LogP contribution in [0.1, 0.15) is 32.7 Å². The van der Waals surface area contributed by atoms with Crippen molar-refractivity contribution < 1.29 is 14.3 Å². The number of amides is 1. The van der Waals surface area contributed by atoms with Crippen molar-refractivity contribution in [3.05, 3.63) is 36.8 Å². The minimum absolute atomic E-state index is 0.127. The summed E-state index contributed by atoms with van der Waals surface area (Å²) in [5, 5.41) is 19.2. The average molecular weight is 449 g/mol. The molecule has 1 amide bonds. The molecule has 0 radical (unpaired) electrons. The Morgan fingerprint density at radius 1 is 1.15 bits per heavy atom. The van der Waals surface area contributed by atoms with E-state index in [-0.39, 0.29) is 18.2 Å². The van der Waals surface area contributed by atoms with Gasteiger partial charge in [0.1, 0.15) is 17.5 Å². The second-order valence-corrected chi connectivity index (χ2v) is 8.02. The molecule has 0 saturated carbocycles. The maximum Gasteiger partial charge on any atom is 0.410 e. The topological polar surface area (TPSA) is 137 Å². The van der Waals surface area contributed by atoms with E-state index in [1.54, 1.807) is 11.1 Å². The summed E-state index contributed by atoms with van der Waals surface area (Å²) < 4.78 is 13.2. The van der Waals surface area contributed by atoms with E-state index in [1.165, 1.54) is 6.33 Å². The largest absolute Gasteiger partial charge is 0.447 e.